The van der Waals surface area contributed by atoms with Gasteiger partial charge in [-0.3, -0.25) is 0 Å². The Kier molecular flexibility index (Phi) is 4.17. The van der Waals surface area contributed by atoms with Gasteiger partial charge in [0.1, 0.15) is 12.4 Å². The summed E-state index contributed by atoms with van der Waals surface area (Å²) in [6.45, 7) is 11.4. The number of rotatable bonds is 3. The molecule has 0 fully saturated rings. The molecule has 3 heteroatoms. The Morgan fingerprint density at radius 3 is 2.50 bits per heavy atom. The van der Waals surface area contributed by atoms with Crippen molar-refractivity contribution in [3.05, 3.63) is 41.5 Å². The van der Waals surface area contributed by atoms with E-state index in [1.807, 2.05) is 26.8 Å². The summed E-state index contributed by atoms with van der Waals surface area (Å²) in [7, 11) is 0. The summed E-state index contributed by atoms with van der Waals surface area (Å²) in [5, 5.41) is 9.81. The second-order valence-corrected chi connectivity index (χ2v) is 5.46. The van der Waals surface area contributed by atoms with Gasteiger partial charge in [-0.25, -0.2) is 4.79 Å². The van der Waals surface area contributed by atoms with Crippen molar-refractivity contribution in [3.63, 3.8) is 0 Å². The molecular weight excluding hydrogens is 228 g/mol. The van der Waals surface area contributed by atoms with Crippen molar-refractivity contribution in [1.29, 1.82) is 0 Å². The maximum atomic E-state index is 11.3. The molecule has 0 radical (unpaired) electrons. The molecule has 1 N–H and O–H groups in total. The van der Waals surface area contributed by atoms with E-state index in [-0.39, 0.29) is 17.8 Å². The van der Waals surface area contributed by atoms with Crippen LogP contribution in [0.5, 0.6) is 5.75 Å². The highest BCUT2D eigenvalue weighted by atomic mass is 16.5. The molecule has 0 unspecified atom stereocenters. The van der Waals surface area contributed by atoms with Gasteiger partial charge in [0.2, 0.25) is 0 Å². The molecule has 0 aromatic heterocycles. The van der Waals surface area contributed by atoms with Crippen molar-refractivity contribution in [2.75, 3.05) is 0 Å². The normalized spacial score (nSPS) is 11.1. The summed E-state index contributed by atoms with van der Waals surface area (Å²) in [5.41, 5.74) is 1.92. The van der Waals surface area contributed by atoms with E-state index in [4.69, 9.17) is 4.74 Å². The second kappa shape index (κ2) is 5.25. The van der Waals surface area contributed by atoms with Gasteiger partial charge < -0.3 is 9.84 Å². The molecular formula is C15H20O3. The number of benzene rings is 1. The molecule has 0 atom stereocenters. The van der Waals surface area contributed by atoms with Gasteiger partial charge in [-0.1, -0.05) is 33.4 Å². The molecule has 1 aromatic rings. The number of hydrogen-bond acceptors (Lipinski definition) is 3. The summed E-state index contributed by atoms with van der Waals surface area (Å²) in [5.74, 6) is -0.141. The van der Waals surface area contributed by atoms with E-state index < -0.39 is 5.97 Å². The number of carbonyl (C=O) groups excluding carboxylic acids is 1. The Bertz CT molecular complexity index is 467. The number of phenols is 1. The van der Waals surface area contributed by atoms with Crippen molar-refractivity contribution in [2.24, 2.45) is 0 Å². The summed E-state index contributed by atoms with van der Waals surface area (Å²) in [6.07, 6.45) is 0. The minimum Gasteiger partial charge on any atom is -0.508 e. The maximum absolute atomic E-state index is 11.3. The van der Waals surface area contributed by atoms with E-state index >= 15 is 0 Å². The molecule has 1 rings (SSSR count). The van der Waals surface area contributed by atoms with Crippen molar-refractivity contribution < 1.29 is 14.6 Å². The molecule has 0 heterocycles. The molecule has 0 aliphatic carbocycles. The molecule has 0 aliphatic rings. The first-order chi connectivity index (χ1) is 8.21. The molecule has 1 aromatic carbocycles. The van der Waals surface area contributed by atoms with E-state index in [0.717, 1.165) is 11.1 Å². The van der Waals surface area contributed by atoms with Crippen molar-refractivity contribution in [3.8, 4) is 5.75 Å². The number of esters is 1. The van der Waals surface area contributed by atoms with Gasteiger partial charge in [-0.05, 0) is 35.6 Å². The highest BCUT2D eigenvalue weighted by molar-refractivity contribution is 5.86. The SMILES string of the molecule is C=C(C)C(=O)OCc1ccc(O)c(C(C)(C)C)c1. The lowest BCUT2D eigenvalue weighted by Crippen LogP contribution is -2.12. The van der Waals surface area contributed by atoms with Crippen LogP contribution in [0.1, 0.15) is 38.8 Å². The zero-order chi connectivity index (χ0) is 13.9. The van der Waals surface area contributed by atoms with Crippen LogP contribution >= 0.6 is 0 Å². The highest BCUT2D eigenvalue weighted by Crippen LogP contribution is 2.31. The van der Waals surface area contributed by atoms with Crippen molar-refractivity contribution in [2.45, 2.75) is 39.7 Å². The Hall–Kier alpha value is -1.77. The van der Waals surface area contributed by atoms with E-state index in [9.17, 15) is 9.90 Å². The second-order valence-electron chi connectivity index (χ2n) is 5.46. The third-order valence-corrected chi connectivity index (χ3v) is 2.59. The Labute approximate surface area is 108 Å². The number of phenolic OH excluding ortho intramolecular Hbond substituents is 1. The highest BCUT2D eigenvalue weighted by Gasteiger charge is 2.18. The van der Waals surface area contributed by atoms with Crippen LogP contribution in [0.3, 0.4) is 0 Å². The monoisotopic (exact) mass is 248 g/mol. The van der Waals surface area contributed by atoms with Crippen LogP contribution in [0.25, 0.3) is 0 Å². The standard InChI is InChI=1S/C15H20O3/c1-10(2)14(17)18-9-11-6-7-13(16)12(8-11)15(3,4)5/h6-8,16H,1,9H2,2-5H3. The number of ether oxygens (including phenoxy) is 1. The molecule has 0 aliphatic heterocycles. The number of carbonyl (C=O) groups is 1. The molecule has 0 saturated heterocycles. The molecule has 0 amide bonds. The first kappa shape index (κ1) is 14.3. The topological polar surface area (TPSA) is 46.5 Å². The van der Waals surface area contributed by atoms with E-state index in [0.29, 0.717) is 5.57 Å². The predicted molar refractivity (Wildman–Crippen MR) is 71.4 cm³/mol. The van der Waals surface area contributed by atoms with Crippen LogP contribution in [0.15, 0.2) is 30.4 Å². The van der Waals surface area contributed by atoms with Crippen LogP contribution in [-0.2, 0) is 21.6 Å². The third-order valence-electron chi connectivity index (χ3n) is 2.59. The summed E-state index contributed by atoms with van der Waals surface area (Å²) >= 11 is 0. The smallest absolute Gasteiger partial charge is 0.333 e. The first-order valence-corrected chi connectivity index (χ1v) is 5.87. The van der Waals surface area contributed by atoms with Crippen molar-refractivity contribution >= 4 is 5.97 Å². The Morgan fingerprint density at radius 1 is 1.39 bits per heavy atom. The molecule has 0 saturated carbocycles. The van der Waals surface area contributed by atoms with Crippen LogP contribution in [-0.4, -0.2) is 11.1 Å². The van der Waals surface area contributed by atoms with Crippen LogP contribution in [0.2, 0.25) is 0 Å². The Balaban J connectivity index is 2.86. The van der Waals surface area contributed by atoms with E-state index in [2.05, 4.69) is 6.58 Å². The van der Waals surface area contributed by atoms with Gasteiger partial charge in [0, 0.05) is 5.57 Å². The fraction of sp³-hybridized carbons (Fsp3) is 0.400. The zero-order valence-electron chi connectivity index (χ0n) is 11.4. The molecule has 18 heavy (non-hydrogen) atoms. The molecule has 0 bridgehead atoms. The molecule has 98 valence electrons. The summed E-state index contributed by atoms with van der Waals surface area (Å²) in [4.78, 5) is 11.3. The number of hydrogen-bond donors (Lipinski definition) is 1. The lowest BCUT2D eigenvalue weighted by Gasteiger charge is -2.21. The van der Waals surface area contributed by atoms with Crippen LogP contribution in [0.4, 0.5) is 0 Å². The third kappa shape index (κ3) is 3.62. The van der Waals surface area contributed by atoms with Gasteiger partial charge in [-0.2, -0.15) is 0 Å². The Morgan fingerprint density at radius 2 is 2.00 bits per heavy atom. The fourth-order valence-corrected chi connectivity index (χ4v) is 1.55. The quantitative estimate of drug-likeness (QED) is 0.659. The van der Waals surface area contributed by atoms with Gasteiger partial charge in [-0.15, -0.1) is 0 Å². The van der Waals surface area contributed by atoms with Crippen LogP contribution < -0.4 is 0 Å². The van der Waals surface area contributed by atoms with E-state index in [1.54, 1.807) is 19.1 Å². The minimum absolute atomic E-state index is 0.154. The number of aromatic hydroxyl groups is 1. The predicted octanol–water partition coefficient (Wildman–Crippen LogP) is 3.31. The maximum Gasteiger partial charge on any atom is 0.333 e. The van der Waals surface area contributed by atoms with Gasteiger partial charge in [0.25, 0.3) is 0 Å². The summed E-state index contributed by atoms with van der Waals surface area (Å²) in [6, 6.07) is 5.24. The summed E-state index contributed by atoms with van der Waals surface area (Å²) < 4.78 is 5.08. The largest absolute Gasteiger partial charge is 0.508 e. The molecule has 0 spiro atoms. The first-order valence-electron chi connectivity index (χ1n) is 5.87. The lowest BCUT2D eigenvalue weighted by atomic mass is 9.85. The lowest BCUT2D eigenvalue weighted by molar-refractivity contribution is -0.140. The van der Waals surface area contributed by atoms with Crippen LogP contribution in [0, 0.1) is 0 Å². The average Bonchev–Trinajstić information content (AvgIpc) is 2.25. The van der Waals surface area contributed by atoms with Gasteiger partial charge in [0.05, 0.1) is 0 Å². The van der Waals surface area contributed by atoms with Gasteiger partial charge >= 0.3 is 5.97 Å². The van der Waals surface area contributed by atoms with Crippen molar-refractivity contribution in [1.82, 2.24) is 0 Å². The van der Waals surface area contributed by atoms with Gasteiger partial charge in [0.15, 0.2) is 0 Å². The molecule has 3 nitrogen and oxygen atoms in total. The fourth-order valence-electron chi connectivity index (χ4n) is 1.55. The average molecular weight is 248 g/mol. The minimum atomic E-state index is -0.402. The van der Waals surface area contributed by atoms with E-state index in [1.165, 1.54) is 0 Å². The zero-order valence-corrected chi connectivity index (χ0v) is 11.4.